The first-order valence-corrected chi connectivity index (χ1v) is 9.62. The van der Waals surface area contributed by atoms with Gasteiger partial charge in [0, 0.05) is 18.0 Å². The summed E-state index contributed by atoms with van der Waals surface area (Å²) in [7, 11) is -1.63. The summed E-state index contributed by atoms with van der Waals surface area (Å²) in [5.41, 5.74) is -0.0800. The molecule has 2 N–H and O–H groups in total. The van der Waals surface area contributed by atoms with Crippen LogP contribution in [0.15, 0.2) is 14.7 Å². The second kappa shape index (κ2) is 6.87. The molecule has 0 fully saturated rings. The molecule has 0 radical (unpaired) electrons. The van der Waals surface area contributed by atoms with Crippen LogP contribution in [0.25, 0.3) is 0 Å². The summed E-state index contributed by atoms with van der Waals surface area (Å²) in [4.78, 5) is 1.31. The quantitative estimate of drug-likeness (QED) is 0.760. The van der Waals surface area contributed by atoms with Crippen LogP contribution in [0.3, 0.4) is 0 Å². The van der Waals surface area contributed by atoms with Crippen molar-refractivity contribution in [1.29, 1.82) is 0 Å². The van der Waals surface area contributed by atoms with Crippen molar-refractivity contribution in [3.05, 3.63) is 14.7 Å². The Labute approximate surface area is 134 Å². The summed E-state index contributed by atoms with van der Waals surface area (Å²) in [6, 6.07) is 1.72. The highest BCUT2D eigenvalue weighted by Gasteiger charge is 2.27. The van der Waals surface area contributed by atoms with Gasteiger partial charge in [0.1, 0.15) is 4.90 Å². The van der Waals surface area contributed by atoms with Gasteiger partial charge in [-0.2, -0.15) is 0 Å². The van der Waals surface area contributed by atoms with Crippen LogP contribution in [0.4, 0.5) is 0 Å². The van der Waals surface area contributed by atoms with E-state index in [1.165, 1.54) is 11.3 Å². The molecule has 116 valence electrons. The molecule has 1 aromatic rings. The van der Waals surface area contributed by atoms with Crippen molar-refractivity contribution in [2.45, 2.75) is 39.1 Å². The fraction of sp³-hybridized carbons (Fsp3) is 0.692. The minimum Gasteiger partial charge on any atom is -0.315 e. The first kappa shape index (κ1) is 18.1. The molecule has 0 spiro atoms. The predicted octanol–water partition coefficient (Wildman–Crippen LogP) is 3.19. The van der Waals surface area contributed by atoms with Crippen LogP contribution in [0.2, 0.25) is 0 Å². The Morgan fingerprint density at radius 3 is 2.50 bits per heavy atom. The number of sulfonamides is 1. The number of thiophene rings is 1. The van der Waals surface area contributed by atoms with Gasteiger partial charge < -0.3 is 5.32 Å². The molecule has 1 aromatic heterocycles. The van der Waals surface area contributed by atoms with Crippen LogP contribution >= 0.6 is 27.3 Å². The molecule has 0 aliphatic rings. The number of hydrogen-bond acceptors (Lipinski definition) is 4. The summed E-state index contributed by atoms with van der Waals surface area (Å²) in [6.07, 6.45) is 0. The van der Waals surface area contributed by atoms with Gasteiger partial charge in [-0.1, -0.05) is 27.7 Å². The molecular formula is C13H23BrN2O2S2. The third kappa shape index (κ3) is 4.53. The Hall–Kier alpha value is 0.0500. The SMILES string of the molecule is CNCc1cc(S(=O)(=O)NCC(C)(C)C(C)C)c(Br)s1. The average Bonchev–Trinajstić information content (AvgIpc) is 2.69. The van der Waals surface area contributed by atoms with Crippen LogP contribution < -0.4 is 10.0 Å². The van der Waals surface area contributed by atoms with Crippen LogP contribution in [0, 0.1) is 11.3 Å². The summed E-state index contributed by atoms with van der Waals surface area (Å²) in [5, 5.41) is 3.02. The van der Waals surface area contributed by atoms with Gasteiger partial charge in [-0.15, -0.1) is 11.3 Å². The van der Waals surface area contributed by atoms with E-state index in [9.17, 15) is 8.42 Å². The summed E-state index contributed by atoms with van der Waals surface area (Å²) in [5.74, 6) is 0.399. The molecular weight excluding hydrogens is 360 g/mol. The normalized spacial score (nSPS) is 13.2. The molecule has 0 aliphatic heterocycles. The van der Waals surface area contributed by atoms with Gasteiger partial charge in [0.2, 0.25) is 10.0 Å². The van der Waals surface area contributed by atoms with Gasteiger partial charge in [-0.25, -0.2) is 13.1 Å². The molecule has 0 bridgehead atoms. The highest BCUT2D eigenvalue weighted by molar-refractivity contribution is 9.11. The molecule has 0 aliphatic carbocycles. The van der Waals surface area contributed by atoms with Gasteiger partial charge in [0.05, 0.1) is 3.79 Å². The number of hydrogen-bond donors (Lipinski definition) is 2. The van der Waals surface area contributed by atoms with Crippen molar-refractivity contribution in [1.82, 2.24) is 10.0 Å². The second-order valence-corrected chi connectivity index (χ2v) is 10.0. The lowest BCUT2D eigenvalue weighted by atomic mass is 9.81. The first-order chi connectivity index (χ1) is 9.10. The Bertz CT molecular complexity index is 551. The lowest BCUT2D eigenvalue weighted by Gasteiger charge is -2.29. The van der Waals surface area contributed by atoms with Gasteiger partial charge in [0.25, 0.3) is 0 Å². The maximum atomic E-state index is 12.4. The van der Waals surface area contributed by atoms with E-state index in [1.54, 1.807) is 6.07 Å². The van der Waals surface area contributed by atoms with Crippen LogP contribution in [0.5, 0.6) is 0 Å². The van der Waals surface area contributed by atoms with Gasteiger partial charge >= 0.3 is 0 Å². The highest BCUT2D eigenvalue weighted by Crippen LogP contribution is 2.32. The minimum atomic E-state index is -3.47. The Kier molecular flexibility index (Phi) is 6.22. The Morgan fingerprint density at radius 1 is 1.40 bits per heavy atom. The maximum Gasteiger partial charge on any atom is 0.242 e. The third-order valence-corrected chi connectivity index (χ3v) is 7.28. The molecule has 0 atom stereocenters. The zero-order valence-electron chi connectivity index (χ0n) is 12.6. The van der Waals surface area contributed by atoms with E-state index < -0.39 is 10.0 Å². The molecule has 4 nitrogen and oxygen atoms in total. The van der Waals surface area contributed by atoms with E-state index in [0.717, 1.165) is 4.88 Å². The zero-order valence-corrected chi connectivity index (χ0v) is 15.8. The van der Waals surface area contributed by atoms with E-state index in [-0.39, 0.29) is 5.41 Å². The van der Waals surface area contributed by atoms with E-state index in [0.29, 0.717) is 27.7 Å². The second-order valence-electron chi connectivity index (χ2n) is 5.85. The summed E-state index contributed by atoms with van der Waals surface area (Å²) >= 11 is 4.78. The molecule has 0 aromatic carbocycles. The maximum absolute atomic E-state index is 12.4. The number of rotatable bonds is 7. The zero-order chi connectivity index (χ0) is 15.6. The van der Waals surface area contributed by atoms with Gasteiger partial charge in [-0.05, 0) is 40.4 Å². The molecule has 0 amide bonds. The van der Waals surface area contributed by atoms with E-state index >= 15 is 0 Å². The van der Waals surface area contributed by atoms with Crippen molar-refractivity contribution < 1.29 is 8.42 Å². The Morgan fingerprint density at radius 2 is 2.00 bits per heavy atom. The molecule has 20 heavy (non-hydrogen) atoms. The monoisotopic (exact) mass is 382 g/mol. The predicted molar refractivity (Wildman–Crippen MR) is 88.6 cm³/mol. The molecule has 0 saturated heterocycles. The Balaban J connectivity index is 2.89. The van der Waals surface area contributed by atoms with Crippen molar-refractivity contribution in [2.75, 3.05) is 13.6 Å². The van der Waals surface area contributed by atoms with Crippen LogP contribution in [-0.4, -0.2) is 22.0 Å². The standard InChI is InChI=1S/C13H23BrN2O2S2/c1-9(2)13(3,4)8-16-20(17,18)11-6-10(7-15-5)19-12(11)14/h6,9,15-16H,7-8H2,1-5H3. The van der Waals surface area contributed by atoms with E-state index in [1.807, 2.05) is 7.05 Å². The third-order valence-electron chi connectivity index (χ3n) is 3.63. The smallest absolute Gasteiger partial charge is 0.242 e. The summed E-state index contributed by atoms with van der Waals surface area (Å²) in [6.45, 7) is 9.41. The minimum absolute atomic E-state index is 0.0800. The lowest BCUT2D eigenvalue weighted by molar-refractivity contribution is 0.252. The summed E-state index contributed by atoms with van der Waals surface area (Å²) < 4.78 is 28.1. The topological polar surface area (TPSA) is 58.2 Å². The fourth-order valence-electron chi connectivity index (χ4n) is 1.41. The van der Waals surface area contributed by atoms with Crippen LogP contribution in [-0.2, 0) is 16.6 Å². The molecule has 0 saturated carbocycles. The molecule has 0 unspecified atom stereocenters. The van der Waals surface area contributed by atoms with Crippen molar-refractivity contribution in [3.8, 4) is 0 Å². The number of nitrogens with one attached hydrogen (secondary N) is 2. The highest BCUT2D eigenvalue weighted by atomic mass is 79.9. The van der Waals surface area contributed by atoms with Crippen LogP contribution in [0.1, 0.15) is 32.6 Å². The largest absolute Gasteiger partial charge is 0.315 e. The van der Waals surface area contributed by atoms with Crippen molar-refractivity contribution in [2.24, 2.45) is 11.3 Å². The fourth-order valence-corrected chi connectivity index (χ4v) is 5.32. The van der Waals surface area contributed by atoms with Crippen molar-refractivity contribution in [3.63, 3.8) is 0 Å². The molecule has 7 heteroatoms. The molecule has 1 rings (SSSR count). The van der Waals surface area contributed by atoms with Gasteiger partial charge in [0.15, 0.2) is 0 Å². The number of halogens is 1. The van der Waals surface area contributed by atoms with Gasteiger partial charge in [-0.3, -0.25) is 0 Å². The van der Waals surface area contributed by atoms with E-state index in [4.69, 9.17) is 0 Å². The van der Waals surface area contributed by atoms with Crippen molar-refractivity contribution >= 4 is 37.3 Å². The average molecular weight is 383 g/mol. The first-order valence-electron chi connectivity index (χ1n) is 6.52. The van der Waals surface area contributed by atoms with E-state index in [2.05, 4.69) is 53.7 Å². The lowest BCUT2D eigenvalue weighted by Crippen LogP contribution is -2.36. The molecule has 1 heterocycles.